The lowest BCUT2D eigenvalue weighted by atomic mass is 9.72. The highest BCUT2D eigenvalue weighted by Gasteiger charge is 2.38. The zero-order valence-corrected chi connectivity index (χ0v) is 13.0. The Bertz CT molecular complexity index is 486. The average Bonchev–Trinajstić information content (AvgIpc) is 2.38. The Kier molecular flexibility index (Phi) is 6.00. The fourth-order valence-electron chi connectivity index (χ4n) is 2.40. The maximum Gasteiger partial charge on any atom is 0.490 e. The van der Waals surface area contributed by atoms with Gasteiger partial charge in [-0.1, -0.05) is 38.1 Å². The van der Waals surface area contributed by atoms with Gasteiger partial charge in [-0.3, -0.25) is 0 Å². The molecular formula is C16H22F3NO2. The second kappa shape index (κ2) is 7.13. The van der Waals surface area contributed by atoms with Crippen LogP contribution in [0.3, 0.4) is 0 Å². The molecule has 0 radical (unpaired) electrons. The summed E-state index contributed by atoms with van der Waals surface area (Å²) in [6.45, 7) is 4.48. The normalized spacial score (nSPS) is 16.5. The fourth-order valence-corrected chi connectivity index (χ4v) is 2.40. The van der Waals surface area contributed by atoms with E-state index in [1.807, 2.05) is 0 Å². The number of nitrogens with one attached hydrogen (secondary N) is 1. The molecule has 2 rings (SSSR count). The average molecular weight is 317 g/mol. The van der Waals surface area contributed by atoms with Crippen LogP contribution in [0.15, 0.2) is 24.3 Å². The maximum atomic E-state index is 10.6. The highest BCUT2D eigenvalue weighted by atomic mass is 19.4. The van der Waals surface area contributed by atoms with Gasteiger partial charge in [-0.05, 0) is 43.4 Å². The van der Waals surface area contributed by atoms with Crippen LogP contribution in [0.5, 0.6) is 0 Å². The number of carboxylic acid groups (broad SMARTS) is 1. The van der Waals surface area contributed by atoms with Crippen molar-refractivity contribution in [3.8, 4) is 0 Å². The van der Waals surface area contributed by atoms with Gasteiger partial charge >= 0.3 is 12.1 Å². The second-order valence-corrected chi connectivity index (χ2v) is 5.77. The number of aliphatic carboxylic acids is 1. The summed E-state index contributed by atoms with van der Waals surface area (Å²) in [6.07, 6.45) is -1.16. The number of rotatable bonds is 3. The van der Waals surface area contributed by atoms with Crippen LogP contribution in [0.1, 0.15) is 50.2 Å². The summed E-state index contributed by atoms with van der Waals surface area (Å²) in [6, 6.07) is 9.14. The van der Waals surface area contributed by atoms with Crippen LogP contribution in [0.4, 0.5) is 13.2 Å². The fraction of sp³-hybridized carbons (Fsp3) is 0.562. The van der Waals surface area contributed by atoms with Crippen molar-refractivity contribution in [2.45, 2.75) is 50.7 Å². The summed E-state index contributed by atoms with van der Waals surface area (Å²) in [7, 11) is 2.08. The standard InChI is InChI=1S/C14H21N.C2HF3O2/c1-11(2)12-5-7-13(8-6-12)14(15-3)9-4-10-14;3-2(4,5)1(6)7/h5-8,11,15H,4,9-10H2,1-3H3;(H,6,7). The van der Waals surface area contributed by atoms with Crippen molar-refractivity contribution >= 4 is 5.97 Å². The first kappa shape index (κ1) is 18.5. The Morgan fingerprint density at radius 1 is 1.23 bits per heavy atom. The first-order valence-corrected chi connectivity index (χ1v) is 7.22. The Labute approximate surface area is 128 Å². The molecule has 0 aromatic heterocycles. The van der Waals surface area contributed by atoms with E-state index in [4.69, 9.17) is 9.90 Å². The number of hydrogen-bond acceptors (Lipinski definition) is 2. The molecule has 0 aliphatic heterocycles. The Hall–Kier alpha value is -1.56. The van der Waals surface area contributed by atoms with Crippen LogP contribution in [0, 0.1) is 0 Å². The second-order valence-electron chi connectivity index (χ2n) is 5.77. The zero-order chi connectivity index (χ0) is 17.0. The van der Waals surface area contributed by atoms with Gasteiger partial charge in [0, 0.05) is 5.54 Å². The molecule has 1 aromatic carbocycles. The molecule has 0 saturated heterocycles. The van der Waals surface area contributed by atoms with Crippen LogP contribution in [-0.4, -0.2) is 24.3 Å². The lowest BCUT2D eigenvalue weighted by Crippen LogP contribution is -2.45. The third-order valence-corrected chi connectivity index (χ3v) is 4.06. The van der Waals surface area contributed by atoms with Crippen molar-refractivity contribution in [1.82, 2.24) is 5.32 Å². The molecule has 0 unspecified atom stereocenters. The minimum atomic E-state index is -5.08. The summed E-state index contributed by atoms with van der Waals surface area (Å²) in [5.41, 5.74) is 3.18. The highest BCUT2D eigenvalue weighted by molar-refractivity contribution is 5.73. The Morgan fingerprint density at radius 2 is 1.68 bits per heavy atom. The summed E-state index contributed by atoms with van der Waals surface area (Å²) in [5, 5.41) is 10.6. The minimum Gasteiger partial charge on any atom is -0.475 e. The minimum absolute atomic E-state index is 0.287. The number of benzene rings is 1. The number of halogens is 3. The summed E-state index contributed by atoms with van der Waals surface area (Å²) >= 11 is 0. The maximum absolute atomic E-state index is 10.6. The third kappa shape index (κ3) is 4.47. The quantitative estimate of drug-likeness (QED) is 0.884. The summed E-state index contributed by atoms with van der Waals surface area (Å²) < 4.78 is 31.7. The van der Waals surface area contributed by atoms with Gasteiger partial charge in [0.1, 0.15) is 0 Å². The Morgan fingerprint density at radius 3 is 1.91 bits per heavy atom. The van der Waals surface area contributed by atoms with Gasteiger partial charge in [0.25, 0.3) is 0 Å². The summed E-state index contributed by atoms with van der Waals surface area (Å²) in [4.78, 5) is 8.90. The van der Waals surface area contributed by atoms with Crippen LogP contribution < -0.4 is 5.32 Å². The molecule has 0 heterocycles. The predicted molar refractivity (Wildman–Crippen MR) is 78.8 cm³/mol. The van der Waals surface area contributed by atoms with Crippen molar-refractivity contribution in [2.75, 3.05) is 7.05 Å². The number of carboxylic acids is 1. The molecule has 1 saturated carbocycles. The molecule has 1 aromatic rings. The molecule has 0 amide bonds. The van der Waals surface area contributed by atoms with E-state index in [2.05, 4.69) is 50.5 Å². The van der Waals surface area contributed by atoms with Gasteiger partial charge in [0.15, 0.2) is 0 Å². The van der Waals surface area contributed by atoms with E-state index in [1.165, 1.54) is 30.4 Å². The molecule has 0 bridgehead atoms. The van der Waals surface area contributed by atoms with Crippen LogP contribution in [0.2, 0.25) is 0 Å². The van der Waals surface area contributed by atoms with Gasteiger partial charge in [-0.2, -0.15) is 13.2 Å². The molecule has 6 heteroatoms. The van der Waals surface area contributed by atoms with E-state index < -0.39 is 12.1 Å². The van der Waals surface area contributed by atoms with Crippen molar-refractivity contribution < 1.29 is 23.1 Å². The molecule has 1 aliphatic carbocycles. The van der Waals surface area contributed by atoms with Crippen LogP contribution in [-0.2, 0) is 10.3 Å². The van der Waals surface area contributed by atoms with Gasteiger partial charge in [0.05, 0.1) is 0 Å². The van der Waals surface area contributed by atoms with Crippen molar-refractivity contribution in [3.05, 3.63) is 35.4 Å². The van der Waals surface area contributed by atoms with Crippen molar-refractivity contribution in [1.29, 1.82) is 0 Å². The van der Waals surface area contributed by atoms with E-state index in [0.717, 1.165) is 0 Å². The van der Waals surface area contributed by atoms with E-state index >= 15 is 0 Å². The first-order valence-electron chi connectivity index (χ1n) is 7.22. The predicted octanol–water partition coefficient (Wildman–Crippen LogP) is 4.04. The third-order valence-electron chi connectivity index (χ3n) is 4.06. The van der Waals surface area contributed by atoms with Gasteiger partial charge in [-0.25, -0.2) is 4.79 Å². The SMILES string of the molecule is CNC1(c2ccc(C(C)C)cc2)CCC1.O=C(O)C(F)(F)F. The van der Waals surface area contributed by atoms with E-state index in [1.54, 1.807) is 0 Å². The van der Waals surface area contributed by atoms with Crippen molar-refractivity contribution in [2.24, 2.45) is 0 Å². The zero-order valence-electron chi connectivity index (χ0n) is 13.0. The van der Waals surface area contributed by atoms with Gasteiger partial charge in [-0.15, -0.1) is 0 Å². The highest BCUT2D eigenvalue weighted by Crippen LogP contribution is 2.40. The summed E-state index contributed by atoms with van der Waals surface area (Å²) in [5.74, 6) is -2.13. The smallest absolute Gasteiger partial charge is 0.475 e. The lowest BCUT2D eigenvalue weighted by molar-refractivity contribution is -0.192. The van der Waals surface area contributed by atoms with Crippen LogP contribution >= 0.6 is 0 Å². The topological polar surface area (TPSA) is 49.3 Å². The molecular weight excluding hydrogens is 295 g/mol. The van der Waals surface area contributed by atoms with E-state index in [-0.39, 0.29) is 5.54 Å². The molecule has 22 heavy (non-hydrogen) atoms. The number of carbonyl (C=O) groups is 1. The Balaban J connectivity index is 0.000000295. The number of hydrogen-bond donors (Lipinski definition) is 2. The van der Waals surface area contributed by atoms with Gasteiger partial charge in [0.2, 0.25) is 0 Å². The largest absolute Gasteiger partial charge is 0.490 e. The molecule has 1 fully saturated rings. The molecule has 0 spiro atoms. The van der Waals surface area contributed by atoms with Crippen LogP contribution in [0.25, 0.3) is 0 Å². The van der Waals surface area contributed by atoms with Gasteiger partial charge < -0.3 is 10.4 Å². The van der Waals surface area contributed by atoms with E-state index in [9.17, 15) is 13.2 Å². The van der Waals surface area contributed by atoms with E-state index in [0.29, 0.717) is 5.92 Å². The molecule has 2 N–H and O–H groups in total. The molecule has 1 aliphatic rings. The monoisotopic (exact) mass is 317 g/mol. The molecule has 3 nitrogen and oxygen atoms in total. The molecule has 124 valence electrons. The number of alkyl halides is 3. The molecule has 0 atom stereocenters. The van der Waals surface area contributed by atoms with Crippen molar-refractivity contribution in [3.63, 3.8) is 0 Å². The lowest BCUT2D eigenvalue weighted by Gasteiger charge is -2.42. The first-order chi connectivity index (χ1) is 10.1.